The molecule has 12 heteroatoms. The average Bonchev–Trinajstić information content (AvgIpc) is 3.25. The lowest BCUT2D eigenvalue weighted by atomic mass is 9.88. The number of amides is 1. The minimum absolute atomic E-state index is 0.00738. The van der Waals surface area contributed by atoms with Crippen molar-refractivity contribution in [3.05, 3.63) is 18.6 Å². The second kappa shape index (κ2) is 12.2. The van der Waals surface area contributed by atoms with E-state index < -0.39 is 19.8 Å². The number of nitrogens with two attached hydrogens (primary N) is 1. The van der Waals surface area contributed by atoms with Gasteiger partial charge in [-0.1, -0.05) is 19.6 Å². The van der Waals surface area contributed by atoms with Gasteiger partial charge in [0.2, 0.25) is 0 Å². The minimum atomic E-state index is -1.14. The molecule has 2 aromatic rings. The summed E-state index contributed by atoms with van der Waals surface area (Å²) in [5.41, 5.74) is 7.57. The molecule has 0 aliphatic heterocycles. The predicted molar refractivity (Wildman–Crippen MR) is 147 cm³/mol. The Morgan fingerprint density at radius 1 is 1.19 bits per heavy atom. The van der Waals surface area contributed by atoms with Crippen LogP contribution < -0.4 is 16.4 Å². The van der Waals surface area contributed by atoms with Gasteiger partial charge in [-0.25, -0.2) is 14.5 Å². The van der Waals surface area contributed by atoms with Gasteiger partial charge in [0.1, 0.15) is 24.4 Å². The van der Waals surface area contributed by atoms with E-state index in [0.717, 1.165) is 18.2 Å². The molecule has 3 atom stereocenters. The average molecular weight is 534 g/mol. The number of pyridine rings is 1. The van der Waals surface area contributed by atoms with Gasteiger partial charge in [-0.2, -0.15) is 0 Å². The first-order valence-electron chi connectivity index (χ1n) is 12.8. The van der Waals surface area contributed by atoms with Crippen molar-refractivity contribution in [1.29, 1.82) is 0 Å². The third-order valence-corrected chi connectivity index (χ3v) is 7.70. The topological polar surface area (TPSA) is 138 Å². The third kappa shape index (κ3) is 9.60. The molecule has 0 aromatic carbocycles. The van der Waals surface area contributed by atoms with Crippen LogP contribution in [-0.4, -0.2) is 71.4 Å². The molecular weight excluding hydrogens is 490 g/mol. The molecule has 0 spiro atoms. The number of aromatic nitrogens is 4. The highest BCUT2D eigenvalue weighted by atomic mass is 28.3. The number of alkyl carbamates (subject to hydrolysis) is 1. The molecule has 1 saturated carbocycles. The molecule has 1 aliphatic carbocycles. The Kier molecular flexibility index (Phi) is 9.54. The number of carbonyl (C=O) groups is 1. The number of methoxy groups -OCH3 is 1. The maximum Gasteiger partial charge on any atom is 0.407 e. The van der Waals surface area contributed by atoms with Gasteiger partial charge in [0.05, 0.1) is 23.7 Å². The summed E-state index contributed by atoms with van der Waals surface area (Å²) in [5.74, 6) is 0.500. The number of hydrogen-bond acceptors (Lipinski definition) is 9. The first-order chi connectivity index (χ1) is 17.3. The second-order valence-corrected chi connectivity index (χ2v) is 17.5. The maximum atomic E-state index is 12.3. The van der Waals surface area contributed by atoms with Crippen LogP contribution in [0, 0.1) is 0 Å². The first kappa shape index (κ1) is 28.9. The molecule has 1 amide bonds. The number of carbonyl (C=O) groups excluding carboxylic acids is 1. The van der Waals surface area contributed by atoms with E-state index in [1.165, 1.54) is 0 Å². The molecule has 2 heterocycles. The Morgan fingerprint density at radius 2 is 1.92 bits per heavy atom. The third-order valence-electron chi connectivity index (χ3n) is 6.00. The monoisotopic (exact) mass is 533 g/mol. The van der Waals surface area contributed by atoms with Crippen LogP contribution in [0.25, 0.3) is 11.5 Å². The van der Waals surface area contributed by atoms with Crippen molar-refractivity contribution >= 4 is 25.5 Å². The molecule has 4 N–H and O–H groups in total. The second-order valence-electron chi connectivity index (χ2n) is 11.9. The van der Waals surface area contributed by atoms with Gasteiger partial charge in [-0.05, 0) is 52.1 Å². The highest BCUT2D eigenvalue weighted by molar-refractivity contribution is 6.76. The van der Waals surface area contributed by atoms with Crippen LogP contribution in [0.5, 0.6) is 0 Å². The van der Waals surface area contributed by atoms with Crippen LogP contribution in [0.3, 0.4) is 0 Å². The minimum Gasteiger partial charge on any atom is -0.444 e. The molecular formula is C25H43N7O4Si. The number of hydrogen-bond donors (Lipinski definition) is 3. The molecule has 0 unspecified atom stereocenters. The van der Waals surface area contributed by atoms with Crippen molar-refractivity contribution in [3.8, 4) is 11.5 Å². The van der Waals surface area contributed by atoms with Gasteiger partial charge in [-0.3, -0.25) is 4.98 Å². The fourth-order valence-electron chi connectivity index (χ4n) is 4.11. The Labute approximate surface area is 220 Å². The Hall–Kier alpha value is -2.70. The van der Waals surface area contributed by atoms with Crippen LogP contribution in [0.15, 0.2) is 18.6 Å². The number of nitrogens with one attached hydrogen (secondary N) is 2. The molecule has 2 aromatic heterocycles. The fourth-order valence-corrected chi connectivity index (χ4v) is 4.87. The summed E-state index contributed by atoms with van der Waals surface area (Å²) in [6, 6.07) is 2.89. The summed E-state index contributed by atoms with van der Waals surface area (Å²) >= 11 is 0. The SMILES string of the molecule is CO[C@H]1C[C@H](NC(=O)OC(C)(C)C)C[C@H](Nc2cc(-c3ncn(COCC[Si](C)(C)C)n3)ncc2N)C1. The van der Waals surface area contributed by atoms with Gasteiger partial charge in [0.25, 0.3) is 0 Å². The standard InChI is InChI=1S/C25H43N7O4Si/c1-25(2,3)36-24(33)30-18-10-17(11-19(12-18)34-4)29-21-13-22(27-14-20(21)26)23-28-15-32(31-23)16-35-8-9-37(5,6)7/h13-15,17-19H,8-12,16,26H2,1-7H3,(H,27,29)(H,30,33)/t17-,18+,19+/m0/s1. The summed E-state index contributed by atoms with van der Waals surface area (Å²) in [4.78, 5) is 21.2. The summed E-state index contributed by atoms with van der Waals surface area (Å²) in [5, 5.41) is 11.0. The molecule has 1 fully saturated rings. The van der Waals surface area contributed by atoms with Crippen LogP contribution in [0.1, 0.15) is 40.0 Å². The van der Waals surface area contributed by atoms with E-state index in [1.807, 2.05) is 26.8 Å². The van der Waals surface area contributed by atoms with E-state index in [4.69, 9.17) is 19.9 Å². The van der Waals surface area contributed by atoms with Crippen LogP contribution in [0.4, 0.5) is 16.2 Å². The summed E-state index contributed by atoms with van der Waals surface area (Å²) in [7, 11) is 0.551. The lowest BCUT2D eigenvalue weighted by Gasteiger charge is -2.36. The van der Waals surface area contributed by atoms with E-state index in [0.29, 0.717) is 43.4 Å². The summed E-state index contributed by atoms with van der Waals surface area (Å²) in [6.07, 6.45) is 5.02. The smallest absolute Gasteiger partial charge is 0.407 e. The zero-order chi connectivity index (χ0) is 27.2. The van der Waals surface area contributed by atoms with E-state index in [9.17, 15) is 4.79 Å². The summed E-state index contributed by atoms with van der Waals surface area (Å²) in [6.45, 7) is 13.6. The van der Waals surface area contributed by atoms with E-state index in [-0.39, 0.29) is 18.2 Å². The molecule has 0 bridgehead atoms. The molecule has 11 nitrogen and oxygen atoms in total. The lowest BCUT2D eigenvalue weighted by molar-refractivity contribution is 0.0353. The van der Waals surface area contributed by atoms with Crippen molar-refractivity contribution in [3.63, 3.8) is 0 Å². The Bertz CT molecular complexity index is 1030. The largest absolute Gasteiger partial charge is 0.444 e. The molecule has 206 valence electrons. The van der Waals surface area contributed by atoms with Crippen LogP contribution >= 0.6 is 0 Å². The molecule has 1 aliphatic rings. The van der Waals surface area contributed by atoms with Crippen molar-refractivity contribution in [2.75, 3.05) is 24.8 Å². The van der Waals surface area contributed by atoms with E-state index in [1.54, 1.807) is 24.3 Å². The van der Waals surface area contributed by atoms with Gasteiger partial charge in [0, 0.05) is 33.9 Å². The van der Waals surface area contributed by atoms with Crippen molar-refractivity contribution in [2.24, 2.45) is 0 Å². The molecule has 37 heavy (non-hydrogen) atoms. The highest BCUT2D eigenvalue weighted by Crippen LogP contribution is 2.29. The Morgan fingerprint density at radius 3 is 2.59 bits per heavy atom. The molecule has 0 saturated heterocycles. The van der Waals surface area contributed by atoms with Crippen LogP contribution in [-0.2, 0) is 20.9 Å². The van der Waals surface area contributed by atoms with E-state index >= 15 is 0 Å². The molecule has 0 radical (unpaired) electrons. The normalized spacial score (nSPS) is 20.5. The van der Waals surface area contributed by atoms with Gasteiger partial charge in [0.15, 0.2) is 5.82 Å². The van der Waals surface area contributed by atoms with Gasteiger partial charge in [-0.15, -0.1) is 5.10 Å². The predicted octanol–water partition coefficient (Wildman–Crippen LogP) is 4.11. The van der Waals surface area contributed by atoms with Crippen molar-refractivity contribution in [1.82, 2.24) is 25.1 Å². The first-order valence-corrected chi connectivity index (χ1v) is 16.5. The number of rotatable bonds is 10. The molecule has 3 rings (SSSR count). The number of nitrogen functional groups attached to an aromatic ring is 1. The van der Waals surface area contributed by atoms with Crippen molar-refractivity contribution in [2.45, 2.75) is 96.2 Å². The fraction of sp³-hybridized carbons (Fsp3) is 0.680. The van der Waals surface area contributed by atoms with E-state index in [2.05, 4.69) is 45.3 Å². The van der Waals surface area contributed by atoms with Crippen molar-refractivity contribution < 1.29 is 19.0 Å². The quantitative estimate of drug-likeness (QED) is 0.304. The Balaban J connectivity index is 1.63. The zero-order valence-corrected chi connectivity index (χ0v) is 24.2. The summed E-state index contributed by atoms with van der Waals surface area (Å²) < 4.78 is 18.5. The lowest BCUT2D eigenvalue weighted by Crippen LogP contribution is -2.47. The van der Waals surface area contributed by atoms with Crippen LogP contribution in [0.2, 0.25) is 25.7 Å². The number of nitrogens with zero attached hydrogens (tertiary/aromatic N) is 4. The van der Waals surface area contributed by atoms with Gasteiger partial charge >= 0.3 is 6.09 Å². The number of ether oxygens (including phenoxy) is 3. The maximum absolute atomic E-state index is 12.3. The highest BCUT2D eigenvalue weighted by Gasteiger charge is 2.31. The van der Waals surface area contributed by atoms with Gasteiger partial charge < -0.3 is 30.6 Å². The number of anilines is 2. The zero-order valence-electron chi connectivity index (χ0n) is 23.2.